The van der Waals surface area contributed by atoms with Crippen LogP contribution in [0.15, 0.2) is 36.4 Å². The van der Waals surface area contributed by atoms with Gasteiger partial charge in [-0.05, 0) is 35.9 Å². The van der Waals surface area contributed by atoms with E-state index in [4.69, 9.17) is 9.47 Å². The Morgan fingerprint density at radius 1 is 1.18 bits per heavy atom. The van der Waals surface area contributed by atoms with Crippen molar-refractivity contribution in [3.05, 3.63) is 52.4 Å². The second kappa shape index (κ2) is 5.24. The van der Waals surface area contributed by atoms with Crippen molar-refractivity contribution in [2.75, 3.05) is 7.11 Å². The molecule has 1 heterocycles. The molecule has 0 bridgehead atoms. The van der Waals surface area contributed by atoms with Crippen LogP contribution in [0.3, 0.4) is 0 Å². The first kappa shape index (κ1) is 14.8. The summed E-state index contributed by atoms with van der Waals surface area (Å²) < 4.78 is 10.8. The second-order valence-electron chi connectivity index (χ2n) is 6.33. The lowest BCUT2D eigenvalue weighted by Gasteiger charge is -2.24. The number of methoxy groups -OCH3 is 1. The maximum absolute atomic E-state index is 9.43. The van der Waals surface area contributed by atoms with Gasteiger partial charge in [-0.25, -0.2) is 0 Å². The van der Waals surface area contributed by atoms with Gasteiger partial charge in [0.2, 0.25) is 0 Å². The number of fused-ring (bicyclic) bond motifs is 1. The highest BCUT2D eigenvalue weighted by Crippen LogP contribution is 2.44. The molecule has 116 valence electrons. The van der Waals surface area contributed by atoms with Gasteiger partial charge < -0.3 is 14.6 Å². The topological polar surface area (TPSA) is 38.7 Å². The van der Waals surface area contributed by atoms with E-state index in [0.717, 1.165) is 23.5 Å². The zero-order valence-corrected chi connectivity index (χ0v) is 13.5. The molecule has 1 aliphatic heterocycles. The standard InChI is InChI=1S/C12H16O2.C7H6O/c1-4-11-12(2,3)9-7-8(13)5-6-10(9)14-11;1-8-7-4-5-2-3-6(5)7/h5-7,11,13H,4H2,1-3H3;2-4H,1H3. The van der Waals surface area contributed by atoms with E-state index >= 15 is 0 Å². The summed E-state index contributed by atoms with van der Waals surface area (Å²) in [6.45, 7) is 6.44. The molecule has 0 spiro atoms. The fourth-order valence-electron chi connectivity index (χ4n) is 3.12. The molecule has 1 aromatic carbocycles. The van der Waals surface area contributed by atoms with Crippen LogP contribution < -0.4 is 9.47 Å². The average Bonchev–Trinajstić information content (AvgIpc) is 2.73. The Morgan fingerprint density at radius 3 is 2.41 bits per heavy atom. The number of hydrogen-bond acceptors (Lipinski definition) is 3. The molecule has 3 heteroatoms. The third-order valence-corrected chi connectivity index (χ3v) is 4.61. The van der Waals surface area contributed by atoms with Gasteiger partial charge in [-0.2, -0.15) is 0 Å². The molecule has 2 aliphatic carbocycles. The number of hydrogen-bond donors (Lipinski definition) is 1. The van der Waals surface area contributed by atoms with Crippen LogP contribution >= 0.6 is 0 Å². The van der Waals surface area contributed by atoms with Crippen LogP contribution in [0.25, 0.3) is 0 Å². The zero-order chi connectivity index (χ0) is 15.9. The molecule has 0 radical (unpaired) electrons. The molecule has 0 amide bonds. The molecule has 1 atom stereocenters. The van der Waals surface area contributed by atoms with Crippen LogP contribution in [-0.2, 0) is 5.41 Å². The second-order valence-corrected chi connectivity index (χ2v) is 6.33. The molecule has 4 rings (SSSR count). The number of phenolic OH excluding ortho intramolecular Hbond substituents is 1. The van der Waals surface area contributed by atoms with Crippen molar-refractivity contribution >= 4 is 0 Å². The number of rotatable bonds is 2. The molecule has 0 saturated heterocycles. The minimum Gasteiger partial charge on any atom is -0.508 e. The van der Waals surface area contributed by atoms with Crippen LogP contribution in [-0.4, -0.2) is 18.3 Å². The van der Waals surface area contributed by atoms with Gasteiger partial charge in [0.15, 0.2) is 0 Å². The van der Waals surface area contributed by atoms with Crippen LogP contribution in [0.2, 0.25) is 0 Å². The summed E-state index contributed by atoms with van der Waals surface area (Å²) >= 11 is 0. The molecule has 22 heavy (non-hydrogen) atoms. The van der Waals surface area contributed by atoms with Crippen molar-refractivity contribution in [2.24, 2.45) is 0 Å². The van der Waals surface area contributed by atoms with E-state index < -0.39 is 0 Å². The van der Waals surface area contributed by atoms with Crippen LogP contribution in [0, 0.1) is 10.4 Å². The predicted molar refractivity (Wildman–Crippen MR) is 86.5 cm³/mol. The Morgan fingerprint density at radius 2 is 1.95 bits per heavy atom. The molecule has 3 nitrogen and oxygen atoms in total. The van der Waals surface area contributed by atoms with E-state index in [1.165, 1.54) is 10.4 Å². The molecular formula is C19H22O3. The van der Waals surface area contributed by atoms with Gasteiger partial charge >= 0.3 is 0 Å². The fraction of sp³-hybridized carbons (Fsp3) is 0.368. The fourth-order valence-corrected chi connectivity index (χ4v) is 3.12. The first-order chi connectivity index (χ1) is 10.5. The molecule has 0 saturated carbocycles. The minimum absolute atomic E-state index is 0.00280. The number of aromatic hydroxyl groups is 1. The zero-order valence-electron chi connectivity index (χ0n) is 13.5. The number of benzene rings is 2. The first-order valence-corrected chi connectivity index (χ1v) is 7.66. The van der Waals surface area contributed by atoms with E-state index in [1.54, 1.807) is 13.2 Å². The molecule has 1 N–H and O–H groups in total. The Balaban J connectivity index is 0.000000151. The summed E-state index contributed by atoms with van der Waals surface area (Å²) in [5.41, 5.74) is 1.12. The highest BCUT2D eigenvalue weighted by molar-refractivity contribution is 5.48. The lowest BCUT2D eigenvalue weighted by atomic mass is 9.80. The van der Waals surface area contributed by atoms with Crippen molar-refractivity contribution < 1.29 is 14.6 Å². The van der Waals surface area contributed by atoms with E-state index in [2.05, 4.69) is 32.9 Å². The van der Waals surface area contributed by atoms with E-state index in [0.29, 0.717) is 5.75 Å². The van der Waals surface area contributed by atoms with E-state index in [1.807, 2.05) is 18.2 Å². The summed E-state index contributed by atoms with van der Waals surface area (Å²) in [4.78, 5) is 0. The monoisotopic (exact) mass is 298 g/mol. The summed E-state index contributed by atoms with van der Waals surface area (Å²) in [5.74, 6) is 2.26. The molecule has 1 unspecified atom stereocenters. The average molecular weight is 298 g/mol. The van der Waals surface area contributed by atoms with Gasteiger partial charge in [-0.1, -0.05) is 32.9 Å². The summed E-state index contributed by atoms with van der Waals surface area (Å²) in [6, 6.07) is 11.5. The third-order valence-electron chi connectivity index (χ3n) is 4.61. The molecule has 3 aliphatic rings. The molecular weight excluding hydrogens is 276 g/mol. The van der Waals surface area contributed by atoms with Gasteiger partial charge in [0, 0.05) is 16.2 Å². The summed E-state index contributed by atoms with van der Waals surface area (Å²) in [7, 11) is 1.70. The van der Waals surface area contributed by atoms with Gasteiger partial charge in [0.25, 0.3) is 0 Å². The van der Waals surface area contributed by atoms with E-state index in [-0.39, 0.29) is 11.5 Å². The number of ether oxygens (including phenoxy) is 2. The van der Waals surface area contributed by atoms with Crippen LogP contribution in [0.4, 0.5) is 0 Å². The highest BCUT2D eigenvalue weighted by Gasteiger charge is 2.40. The summed E-state index contributed by atoms with van der Waals surface area (Å²) in [5, 5.41) is 12.1. The lowest BCUT2D eigenvalue weighted by Crippen LogP contribution is -2.31. The van der Waals surface area contributed by atoms with Gasteiger partial charge in [-0.15, -0.1) is 0 Å². The quantitative estimate of drug-likeness (QED) is 0.773. The predicted octanol–water partition coefficient (Wildman–Crippen LogP) is 4.14. The molecule has 0 aromatic heterocycles. The maximum Gasteiger partial charge on any atom is 0.127 e. The van der Waals surface area contributed by atoms with Crippen molar-refractivity contribution in [3.63, 3.8) is 0 Å². The third kappa shape index (κ3) is 2.21. The maximum atomic E-state index is 9.43. The Labute approximate surface area is 130 Å². The lowest BCUT2D eigenvalue weighted by molar-refractivity contribution is 0.161. The van der Waals surface area contributed by atoms with Crippen molar-refractivity contribution in [2.45, 2.75) is 38.7 Å². The minimum atomic E-state index is 0.00280. The van der Waals surface area contributed by atoms with Crippen molar-refractivity contribution in [1.82, 2.24) is 0 Å². The number of phenols is 1. The van der Waals surface area contributed by atoms with Gasteiger partial charge in [0.05, 0.1) is 7.11 Å². The largest absolute Gasteiger partial charge is 0.508 e. The first-order valence-electron chi connectivity index (χ1n) is 7.66. The van der Waals surface area contributed by atoms with E-state index in [9.17, 15) is 5.11 Å². The Kier molecular flexibility index (Phi) is 3.51. The van der Waals surface area contributed by atoms with Gasteiger partial charge in [-0.3, -0.25) is 0 Å². The van der Waals surface area contributed by atoms with Crippen LogP contribution in [0.1, 0.15) is 32.8 Å². The Hall–Kier alpha value is -2.16. The van der Waals surface area contributed by atoms with Crippen molar-refractivity contribution in [3.8, 4) is 17.2 Å². The van der Waals surface area contributed by atoms with Crippen LogP contribution in [0.5, 0.6) is 17.2 Å². The smallest absolute Gasteiger partial charge is 0.127 e. The SMILES string of the molecule is CCC1Oc2ccc(O)cc2C1(C)C.COc1cc2ccc1=2. The molecule has 1 aromatic rings. The molecule has 0 fully saturated rings. The van der Waals surface area contributed by atoms with Crippen molar-refractivity contribution in [1.29, 1.82) is 0 Å². The highest BCUT2D eigenvalue weighted by atomic mass is 16.5. The van der Waals surface area contributed by atoms with Gasteiger partial charge in [0.1, 0.15) is 23.4 Å². The normalized spacial score (nSPS) is 18.6. The summed E-state index contributed by atoms with van der Waals surface area (Å²) in [6.07, 6.45) is 1.21. The Bertz CT molecular complexity index is 793.